The number of hydrogen-bond acceptors (Lipinski definition) is 2. The number of aryl methyl sites for hydroxylation is 1. The van der Waals surface area contributed by atoms with Gasteiger partial charge >= 0.3 is 5.97 Å². The number of hydrogen-bond donors (Lipinski definition) is 2. The van der Waals surface area contributed by atoms with Gasteiger partial charge in [-0.25, -0.2) is 9.18 Å². The normalized spacial score (nSPS) is 10.1. The van der Waals surface area contributed by atoms with E-state index in [0.29, 0.717) is 0 Å². The summed E-state index contributed by atoms with van der Waals surface area (Å²) in [5.41, 5.74) is 0.960. The Morgan fingerprint density at radius 1 is 1.10 bits per heavy atom. The zero-order valence-electron chi connectivity index (χ0n) is 10.7. The monoisotopic (exact) mass is 273 g/mol. The summed E-state index contributed by atoms with van der Waals surface area (Å²) in [5.74, 6) is -2.22. The third-order valence-corrected chi connectivity index (χ3v) is 2.74. The molecule has 1 amide bonds. The molecule has 4 nitrogen and oxygen atoms in total. The Kier molecular flexibility index (Phi) is 3.79. The summed E-state index contributed by atoms with van der Waals surface area (Å²) in [6, 6.07) is 9.99. The van der Waals surface area contributed by atoms with Crippen molar-refractivity contribution >= 4 is 17.6 Å². The fourth-order valence-corrected chi connectivity index (χ4v) is 1.71. The van der Waals surface area contributed by atoms with Gasteiger partial charge in [0.15, 0.2) is 0 Å². The maximum Gasteiger partial charge on any atom is 0.335 e. The molecule has 0 spiro atoms. The highest BCUT2D eigenvalue weighted by atomic mass is 19.1. The lowest BCUT2D eigenvalue weighted by atomic mass is 10.1. The zero-order valence-corrected chi connectivity index (χ0v) is 10.7. The zero-order chi connectivity index (χ0) is 14.7. The molecule has 0 heterocycles. The van der Waals surface area contributed by atoms with E-state index in [4.69, 9.17) is 5.11 Å². The van der Waals surface area contributed by atoms with Crippen molar-refractivity contribution in [2.24, 2.45) is 0 Å². The van der Waals surface area contributed by atoms with Crippen LogP contribution in [0.25, 0.3) is 0 Å². The van der Waals surface area contributed by atoms with Gasteiger partial charge in [-0.15, -0.1) is 0 Å². The third kappa shape index (κ3) is 3.00. The van der Waals surface area contributed by atoms with E-state index in [1.807, 2.05) is 0 Å². The molecule has 0 aliphatic carbocycles. The molecule has 0 fully saturated rings. The predicted molar refractivity (Wildman–Crippen MR) is 72.5 cm³/mol. The van der Waals surface area contributed by atoms with E-state index in [0.717, 1.165) is 5.56 Å². The molecule has 5 heteroatoms. The number of rotatable bonds is 3. The number of carbonyl (C=O) groups excluding carboxylic acids is 1. The first-order chi connectivity index (χ1) is 9.47. The van der Waals surface area contributed by atoms with E-state index in [2.05, 4.69) is 5.32 Å². The molecule has 0 aliphatic rings. The first-order valence-corrected chi connectivity index (χ1v) is 5.88. The van der Waals surface area contributed by atoms with Crippen LogP contribution in [-0.4, -0.2) is 17.0 Å². The van der Waals surface area contributed by atoms with E-state index in [-0.39, 0.29) is 16.8 Å². The number of amides is 1. The number of carboxylic acids is 1. The van der Waals surface area contributed by atoms with E-state index < -0.39 is 17.7 Å². The van der Waals surface area contributed by atoms with Crippen molar-refractivity contribution in [2.75, 3.05) is 5.32 Å². The number of halogens is 1. The minimum atomic E-state index is -1.12. The predicted octanol–water partition coefficient (Wildman–Crippen LogP) is 3.08. The van der Waals surface area contributed by atoms with Crippen molar-refractivity contribution < 1.29 is 19.1 Å². The molecule has 0 saturated heterocycles. The topological polar surface area (TPSA) is 66.4 Å². The summed E-state index contributed by atoms with van der Waals surface area (Å²) in [6.45, 7) is 1.74. The second-order valence-electron chi connectivity index (χ2n) is 4.32. The molecule has 2 aromatic carbocycles. The molecule has 2 aromatic rings. The van der Waals surface area contributed by atoms with Gasteiger partial charge in [0.2, 0.25) is 0 Å². The van der Waals surface area contributed by atoms with Gasteiger partial charge < -0.3 is 10.4 Å². The first-order valence-electron chi connectivity index (χ1n) is 5.88. The van der Waals surface area contributed by atoms with Gasteiger partial charge in [-0.05, 0) is 42.8 Å². The first kappa shape index (κ1) is 13.7. The van der Waals surface area contributed by atoms with Crippen LogP contribution in [0.3, 0.4) is 0 Å². The van der Waals surface area contributed by atoms with Crippen LogP contribution in [0.2, 0.25) is 0 Å². The van der Waals surface area contributed by atoms with Gasteiger partial charge in [0, 0.05) is 5.56 Å². The lowest BCUT2D eigenvalue weighted by Gasteiger charge is -2.07. The number of benzene rings is 2. The molecule has 0 unspecified atom stereocenters. The second kappa shape index (κ2) is 5.52. The lowest BCUT2D eigenvalue weighted by molar-refractivity contribution is 0.0697. The van der Waals surface area contributed by atoms with Crippen molar-refractivity contribution in [2.45, 2.75) is 6.92 Å². The van der Waals surface area contributed by atoms with Gasteiger partial charge in [-0.3, -0.25) is 4.79 Å². The Morgan fingerprint density at radius 3 is 2.45 bits per heavy atom. The molecule has 0 radical (unpaired) electrons. The minimum absolute atomic E-state index is 0.00188. The number of carbonyl (C=O) groups is 2. The van der Waals surface area contributed by atoms with Crippen molar-refractivity contribution in [1.29, 1.82) is 0 Å². The number of nitrogens with one attached hydrogen (secondary N) is 1. The van der Waals surface area contributed by atoms with Gasteiger partial charge in [0.1, 0.15) is 5.82 Å². The summed E-state index contributed by atoms with van der Waals surface area (Å²) < 4.78 is 13.6. The lowest BCUT2D eigenvalue weighted by Crippen LogP contribution is -2.13. The molecule has 102 valence electrons. The summed E-state index contributed by atoms with van der Waals surface area (Å²) >= 11 is 0. The molecule has 2 rings (SSSR count). The van der Waals surface area contributed by atoms with Crippen LogP contribution in [0.15, 0.2) is 42.5 Å². The van der Waals surface area contributed by atoms with Gasteiger partial charge in [0.25, 0.3) is 5.91 Å². The number of anilines is 1. The van der Waals surface area contributed by atoms with Crippen molar-refractivity contribution in [1.82, 2.24) is 0 Å². The Morgan fingerprint density at radius 2 is 1.80 bits per heavy atom. The van der Waals surface area contributed by atoms with Crippen molar-refractivity contribution in [3.63, 3.8) is 0 Å². The maximum atomic E-state index is 13.6. The highest BCUT2D eigenvalue weighted by Gasteiger charge is 2.11. The van der Waals surface area contributed by atoms with E-state index >= 15 is 0 Å². The summed E-state index contributed by atoms with van der Waals surface area (Å²) in [5, 5.41) is 11.3. The molecule has 0 aromatic heterocycles. The van der Waals surface area contributed by atoms with Gasteiger partial charge in [0.05, 0.1) is 11.3 Å². The van der Waals surface area contributed by atoms with Crippen molar-refractivity contribution in [3.05, 3.63) is 65.0 Å². The Balaban J connectivity index is 2.24. The molecule has 0 saturated carbocycles. The van der Waals surface area contributed by atoms with Crippen LogP contribution < -0.4 is 5.32 Å². The van der Waals surface area contributed by atoms with Crippen LogP contribution >= 0.6 is 0 Å². The fraction of sp³-hybridized carbons (Fsp3) is 0.0667. The molecule has 0 atom stereocenters. The van der Waals surface area contributed by atoms with E-state index in [1.54, 1.807) is 13.0 Å². The quantitative estimate of drug-likeness (QED) is 0.903. The Bertz CT molecular complexity index is 683. The largest absolute Gasteiger partial charge is 0.478 e. The smallest absolute Gasteiger partial charge is 0.335 e. The Labute approximate surface area is 114 Å². The van der Waals surface area contributed by atoms with Crippen LogP contribution in [-0.2, 0) is 0 Å². The maximum absolute atomic E-state index is 13.6. The SMILES string of the molecule is Cc1ccc(NC(=O)c2cccc(C(=O)O)c2)c(F)c1. The van der Waals surface area contributed by atoms with E-state index in [9.17, 15) is 14.0 Å². The number of aromatic carboxylic acids is 1. The Hall–Kier alpha value is -2.69. The van der Waals surface area contributed by atoms with Gasteiger partial charge in [-0.2, -0.15) is 0 Å². The molecular formula is C15H12FNO3. The minimum Gasteiger partial charge on any atom is -0.478 e. The molecule has 0 aliphatic heterocycles. The summed E-state index contributed by atoms with van der Waals surface area (Å²) in [4.78, 5) is 22.8. The average molecular weight is 273 g/mol. The van der Waals surface area contributed by atoms with Crippen LogP contribution in [0, 0.1) is 12.7 Å². The fourth-order valence-electron chi connectivity index (χ4n) is 1.71. The van der Waals surface area contributed by atoms with Gasteiger partial charge in [-0.1, -0.05) is 12.1 Å². The average Bonchev–Trinajstić information content (AvgIpc) is 2.42. The van der Waals surface area contributed by atoms with Crippen LogP contribution in [0.1, 0.15) is 26.3 Å². The van der Waals surface area contributed by atoms with E-state index in [1.165, 1.54) is 36.4 Å². The third-order valence-electron chi connectivity index (χ3n) is 2.74. The summed E-state index contributed by atoms with van der Waals surface area (Å²) in [7, 11) is 0. The standard InChI is InChI=1S/C15H12FNO3/c1-9-5-6-13(12(16)7-9)17-14(18)10-3-2-4-11(8-10)15(19)20/h2-8H,1H3,(H,17,18)(H,19,20). The second-order valence-corrected chi connectivity index (χ2v) is 4.32. The molecular weight excluding hydrogens is 261 g/mol. The highest BCUT2D eigenvalue weighted by molar-refractivity contribution is 6.05. The molecule has 0 bridgehead atoms. The van der Waals surface area contributed by atoms with Crippen molar-refractivity contribution in [3.8, 4) is 0 Å². The number of carboxylic acid groups (broad SMARTS) is 1. The van der Waals surface area contributed by atoms with Crippen LogP contribution in [0.5, 0.6) is 0 Å². The van der Waals surface area contributed by atoms with Crippen LogP contribution in [0.4, 0.5) is 10.1 Å². The molecule has 20 heavy (non-hydrogen) atoms. The summed E-state index contributed by atoms with van der Waals surface area (Å²) in [6.07, 6.45) is 0. The highest BCUT2D eigenvalue weighted by Crippen LogP contribution is 2.16. The molecule has 2 N–H and O–H groups in total.